The third-order valence-corrected chi connectivity index (χ3v) is 5.40. The molecule has 3 atom stereocenters. The van der Waals surface area contributed by atoms with Gasteiger partial charge in [-0.05, 0) is 51.9 Å². The Bertz CT molecular complexity index is 667. The van der Waals surface area contributed by atoms with Gasteiger partial charge in [0.2, 0.25) is 5.91 Å². The highest BCUT2D eigenvalue weighted by atomic mass is 16.6. The van der Waals surface area contributed by atoms with Crippen LogP contribution in [0.5, 0.6) is 0 Å². The predicted octanol–water partition coefficient (Wildman–Crippen LogP) is 2.44. The number of esters is 1. The standard InChI is InChI=1S/C21H34N2O6/c1-20(2,3)29-19(27)23-12-21(4,5)11-15(23)17(25)22-14(18(26)28-6)10-13-8-7-9-16(13)24/h13-15H,7-12H2,1-6H3,(H,22,25)/t13-,14-,15-/m0/s1. The number of nitrogens with one attached hydrogen (secondary N) is 1. The molecule has 1 saturated heterocycles. The van der Waals surface area contributed by atoms with Gasteiger partial charge in [0.25, 0.3) is 0 Å². The molecule has 2 fully saturated rings. The lowest BCUT2D eigenvalue weighted by Gasteiger charge is -2.29. The molecule has 2 amide bonds. The maximum Gasteiger partial charge on any atom is 0.410 e. The molecule has 1 N–H and O–H groups in total. The summed E-state index contributed by atoms with van der Waals surface area (Å²) in [6.45, 7) is 9.65. The van der Waals surface area contributed by atoms with Crippen LogP contribution in [0.1, 0.15) is 66.7 Å². The van der Waals surface area contributed by atoms with E-state index in [9.17, 15) is 19.2 Å². The summed E-state index contributed by atoms with van der Waals surface area (Å²) < 4.78 is 10.3. The molecule has 2 aliphatic rings. The highest BCUT2D eigenvalue weighted by molar-refractivity contribution is 5.91. The van der Waals surface area contributed by atoms with Crippen molar-refractivity contribution in [3.8, 4) is 0 Å². The molecular formula is C21H34N2O6. The first-order valence-electron chi connectivity index (χ1n) is 10.2. The molecule has 164 valence electrons. The molecule has 1 aliphatic heterocycles. The molecule has 2 rings (SSSR count). The summed E-state index contributed by atoms with van der Waals surface area (Å²) in [6.07, 6.45) is 2.14. The molecule has 8 nitrogen and oxygen atoms in total. The van der Waals surface area contributed by atoms with Gasteiger partial charge in [0, 0.05) is 18.9 Å². The summed E-state index contributed by atoms with van der Waals surface area (Å²) in [5, 5.41) is 2.73. The lowest BCUT2D eigenvalue weighted by molar-refractivity contribution is -0.146. The second-order valence-corrected chi connectivity index (χ2v) is 9.87. The molecule has 1 saturated carbocycles. The topological polar surface area (TPSA) is 102 Å². The van der Waals surface area contributed by atoms with Crippen LogP contribution in [0.2, 0.25) is 0 Å². The molecule has 1 aliphatic carbocycles. The Kier molecular flexibility index (Phi) is 6.96. The van der Waals surface area contributed by atoms with E-state index >= 15 is 0 Å². The number of rotatable bonds is 5. The number of ketones is 1. The number of hydrogen-bond donors (Lipinski definition) is 1. The third-order valence-electron chi connectivity index (χ3n) is 5.40. The minimum atomic E-state index is -0.913. The van der Waals surface area contributed by atoms with E-state index in [2.05, 4.69) is 5.32 Å². The Balaban J connectivity index is 2.13. The van der Waals surface area contributed by atoms with E-state index in [4.69, 9.17) is 9.47 Å². The van der Waals surface area contributed by atoms with E-state index in [0.717, 1.165) is 6.42 Å². The van der Waals surface area contributed by atoms with E-state index in [-0.39, 0.29) is 23.5 Å². The molecule has 8 heteroatoms. The summed E-state index contributed by atoms with van der Waals surface area (Å²) in [6, 6.07) is -1.66. The molecule has 0 unspecified atom stereocenters. The number of Topliss-reactive ketones (excluding diaryl/α,β-unsaturated/α-hetero) is 1. The highest BCUT2D eigenvalue weighted by Gasteiger charge is 2.46. The lowest BCUT2D eigenvalue weighted by atomic mass is 9.90. The van der Waals surface area contributed by atoms with Gasteiger partial charge in [-0.3, -0.25) is 14.5 Å². The van der Waals surface area contributed by atoms with Gasteiger partial charge >= 0.3 is 12.1 Å². The van der Waals surface area contributed by atoms with Crippen molar-refractivity contribution in [2.45, 2.75) is 84.4 Å². The zero-order valence-corrected chi connectivity index (χ0v) is 18.4. The van der Waals surface area contributed by atoms with Gasteiger partial charge in [-0.15, -0.1) is 0 Å². The van der Waals surface area contributed by atoms with Crippen molar-refractivity contribution >= 4 is 23.8 Å². The largest absolute Gasteiger partial charge is 0.467 e. The minimum absolute atomic E-state index is 0.116. The van der Waals surface area contributed by atoms with Crippen molar-refractivity contribution < 1.29 is 28.7 Å². The molecule has 29 heavy (non-hydrogen) atoms. The van der Waals surface area contributed by atoms with Gasteiger partial charge in [0.05, 0.1) is 7.11 Å². The zero-order chi connectivity index (χ0) is 22.0. The van der Waals surface area contributed by atoms with Crippen LogP contribution in [-0.2, 0) is 23.9 Å². The van der Waals surface area contributed by atoms with Gasteiger partial charge < -0.3 is 14.8 Å². The predicted molar refractivity (Wildman–Crippen MR) is 106 cm³/mol. The maximum atomic E-state index is 13.0. The fraction of sp³-hybridized carbons (Fsp3) is 0.810. The number of amides is 2. The van der Waals surface area contributed by atoms with Crippen LogP contribution in [0.25, 0.3) is 0 Å². The fourth-order valence-corrected chi connectivity index (χ4v) is 4.06. The summed E-state index contributed by atoms with van der Waals surface area (Å²) in [5.41, 5.74) is -0.941. The molecule has 0 radical (unpaired) electrons. The summed E-state index contributed by atoms with van der Waals surface area (Å²) in [5.74, 6) is -1.15. The van der Waals surface area contributed by atoms with E-state index in [1.54, 1.807) is 20.8 Å². The van der Waals surface area contributed by atoms with E-state index in [1.807, 2.05) is 13.8 Å². The Labute approximate surface area is 172 Å². The minimum Gasteiger partial charge on any atom is -0.467 e. The van der Waals surface area contributed by atoms with Gasteiger partial charge in [-0.25, -0.2) is 9.59 Å². The van der Waals surface area contributed by atoms with Crippen molar-refractivity contribution in [1.82, 2.24) is 10.2 Å². The van der Waals surface area contributed by atoms with Crippen molar-refractivity contribution in [1.29, 1.82) is 0 Å². The summed E-state index contributed by atoms with van der Waals surface area (Å²) in [4.78, 5) is 51.3. The monoisotopic (exact) mass is 410 g/mol. The van der Waals surface area contributed by atoms with Crippen LogP contribution >= 0.6 is 0 Å². The number of nitrogens with zero attached hydrogens (tertiary/aromatic N) is 1. The summed E-state index contributed by atoms with van der Waals surface area (Å²) >= 11 is 0. The smallest absolute Gasteiger partial charge is 0.410 e. The van der Waals surface area contributed by atoms with Gasteiger partial charge in [-0.2, -0.15) is 0 Å². The van der Waals surface area contributed by atoms with E-state index < -0.39 is 35.7 Å². The fourth-order valence-electron chi connectivity index (χ4n) is 4.06. The number of carbonyl (C=O) groups is 4. The molecule has 0 aromatic rings. The Hall–Kier alpha value is -2.12. The Morgan fingerprint density at radius 1 is 1.28 bits per heavy atom. The molecule has 0 bridgehead atoms. The normalized spacial score (nSPS) is 24.9. The number of ether oxygens (including phenoxy) is 2. The van der Waals surface area contributed by atoms with Crippen LogP contribution in [0.3, 0.4) is 0 Å². The Morgan fingerprint density at radius 2 is 1.93 bits per heavy atom. The summed E-state index contributed by atoms with van der Waals surface area (Å²) in [7, 11) is 1.25. The number of methoxy groups -OCH3 is 1. The lowest BCUT2D eigenvalue weighted by Crippen LogP contribution is -2.52. The Morgan fingerprint density at radius 3 is 2.45 bits per heavy atom. The van der Waals surface area contributed by atoms with Crippen LogP contribution in [0.4, 0.5) is 4.79 Å². The number of likely N-dealkylation sites (tertiary alicyclic amines) is 1. The SMILES string of the molecule is COC(=O)[C@H](C[C@@H]1CCCC1=O)NC(=O)[C@@H]1CC(C)(C)CN1C(=O)OC(C)(C)C. The van der Waals surface area contributed by atoms with Crippen molar-refractivity contribution in [3.63, 3.8) is 0 Å². The first kappa shape index (κ1) is 23.2. The molecule has 0 aromatic carbocycles. The van der Waals surface area contributed by atoms with Crippen molar-refractivity contribution in [2.75, 3.05) is 13.7 Å². The molecule has 0 spiro atoms. The molecule has 1 heterocycles. The number of hydrogen-bond acceptors (Lipinski definition) is 6. The molecule has 0 aromatic heterocycles. The average Bonchev–Trinajstić information content (AvgIpc) is 3.14. The van der Waals surface area contributed by atoms with Gasteiger partial charge in [0.15, 0.2) is 0 Å². The van der Waals surface area contributed by atoms with Crippen molar-refractivity contribution in [3.05, 3.63) is 0 Å². The van der Waals surface area contributed by atoms with Gasteiger partial charge in [-0.1, -0.05) is 13.8 Å². The zero-order valence-electron chi connectivity index (χ0n) is 18.4. The van der Waals surface area contributed by atoms with Crippen LogP contribution in [-0.4, -0.2) is 60.0 Å². The van der Waals surface area contributed by atoms with Crippen LogP contribution in [0.15, 0.2) is 0 Å². The maximum absolute atomic E-state index is 13.0. The van der Waals surface area contributed by atoms with Crippen LogP contribution < -0.4 is 5.32 Å². The van der Waals surface area contributed by atoms with E-state index in [1.165, 1.54) is 12.0 Å². The van der Waals surface area contributed by atoms with Crippen molar-refractivity contribution in [2.24, 2.45) is 11.3 Å². The average molecular weight is 411 g/mol. The van der Waals surface area contributed by atoms with Gasteiger partial charge in [0.1, 0.15) is 23.5 Å². The third kappa shape index (κ3) is 6.18. The first-order valence-corrected chi connectivity index (χ1v) is 10.2. The second kappa shape index (κ2) is 8.71. The quantitative estimate of drug-likeness (QED) is 0.699. The second-order valence-electron chi connectivity index (χ2n) is 9.87. The number of carbonyl (C=O) groups excluding carboxylic acids is 4. The first-order chi connectivity index (χ1) is 13.3. The highest BCUT2D eigenvalue weighted by Crippen LogP contribution is 2.35. The van der Waals surface area contributed by atoms with Crippen LogP contribution in [0, 0.1) is 11.3 Å². The van der Waals surface area contributed by atoms with E-state index in [0.29, 0.717) is 25.8 Å². The molecular weight excluding hydrogens is 376 g/mol.